The van der Waals surface area contributed by atoms with E-state index in [0.29, 0.717) is 11.2 Å². The van der Waals surface area contributed by atoms with E-state index in [2.05, 4.69) is 32.7 Å². The van der Waals surface area contributed by atoms with Crippen molar-refractivity contribution in [2.45, 2.75) is 84.2 Å². The minimum atomic E-state index is 0.365. The number of aryl methyl sites for hydroxylation is 1. The molecule has 2 aromatic heterocycles. The van der Waals surface area contributed by atoms with Gasteiger partial charge in [0, 0.05) is 10.6 Å². The van der Waals surface area contributed by atoms with Gasteiger partial charge in [0.2, 0.25) is 0 Å². The molecule has 0 bridgehead atoms. The third kappa shape index (κ3) is 4.53. The highest BCUT2D eigenvalue weighted by atomic mass is 32.2. The highest BCUT2D eigenvalue weighted by molar-refractivity contribution is 7.99. The second-order valence-corrected chi connectivity index (χ2v) is 10.8. The molecule has 0 spiro atoms. The number of fused-ring (bicyclic) bond motifs is 3. The Morgan fingerprint density at radius 3 is 2.65 bits per heavy atom. The number of nitrogen functional groups attached to an aromatic ring is 1. The van der Waals surface area contributed by atoms with Crippen molar-refractivity contribution in [1.82, 2.24) is 9.97 Å². The summed E-state index contributed by atoms with van der Waals surface area (Å²) >= 11 is 3.62. The largest absolute Gasteiger partial charge is 0.383 e. The normalized spacial score (nSPS) is 17.6. The zero-order chi connectivity index (χ0) is 18.7. The molecular formula is C21H33N3S2. The Kier molecular flexibility index (Phi) is 6.50. The predicted molar refractivity (Wildman–Crippen MR) is 116 cm³/mol. The summed E-state index contributed by atoms with van der Waals surface area (Å²) in [6.07, 6.45) is 10.1. The van der Waals surface area contributed by atoms with E-state index in [0.717, 1.165) is 33.5 Å². The number of nitrogens with two attached hydrogens (primary N) is 1. The van der Waals surface area contributed by atoms with Crippen LogP contribution in [-0.2, 0) is 12.8 Å². The van der Waals surface area contributed by atoms with E-state index in [4.69, 9.17) is 10.7 Å². The number of thiophene rings is 1. The fraction of sp³-hybridized carbons (Fsp3) is 0.714. The summed E-state index contributed by atoms with van der Waals surface area (Å²) < 4.78 is 0. The summed E-state index contributed by atoms with van der Waals surface area (Å²) in [5.41, 5.74) is 8.15. The summed E-state index contributed by atoms with van der Waals surface area (Å²) in [4.78, 5) is 12.1. The molecule has 0 aliphatic heterocycles. The Bertz CT molecular complexity index is 746. The summed E-state index contributed by atoms with van der Waals surface area (Å²) in [5, 5.41) is 2.00. The maximum absolute atomic E-state index is 6.36. The van der Waals surface area contributed by atoms with Crippen molar-refractivity contribution in [2.75, 3.05) is 11.5 Å². The topological polar surface area (TPSA) is 51.8 Å². The van der Waals surface area contributed by atoms with Crippen LogP contribution in [0.5, 0.6) is 0 Å². The lowest BCUT2D eigenvalue weighted by Crippen LogP contribution is -2.26. The fourth-order valence-electron chi connectivity index (χ4n) is 3.86. The first-order chi connectivity index (χ1) is 12.4. The monoisotopic (exact) mass is 391 g/mol. The SMILES string of the molecule is CCCCCCCSc1nc(N)c2c3c(sc2n1)CC(C(C)(C)C)CC3. The van der Waals surface area contributed by atoms with E-state index in [1.54, 1.807) is 11.8 Å². The van der Waals surface area contributed by atoms with Crippen molar-refractivity contribution in [1.29, 1.82) is 0 Å². The molecule has 144 valence electrons. The molecule has 2 N–H and O–H groups in total. The Morgan fingerprint density at radius 1 is 1.15 bits per heavy atom. The average molecular weight is 392 g/mol. The molecule has 26 heavy (non-hydrogen) atoms. The van der Waals surface area contributed by atoms with Crippen LogP contribution in [0.2, 0.25) is 0 Å². The highest BCUT2D eigenvalue weighted by Crippen LogP contribution is 2.44. The molecule has 2 aromatic rings. The Morgan fingerprint density at radius 2 is 1.92 bits per heavy atom. The van der Waals surface area contributed by atoms with E-state index < -0.39 is 0 Å². The number of thioether (sulfide) groups is 1. The first-order valence-corrected chi connectivity index (χ1v) is 11.9. The molecule has 0 radical (unpaired) electrons. The van der Waals surface area contributed by atoms with Crippen molar-refractivity contribution < 1.29 is 0 Å². The summed E-state index contributed by atoms with van der Waals surface area (Å²) in [7, 11) is 0. The molecular weight excluding hydrogens is 358 g/mol. The molecule has 3 nitrogen and oxygen atoms in total. The molecule has 1 atom stereocenters. The van der Waals surface area contributed by atoms with Crippen LogP contribution in [0.25, 0.3) is 10.2 Å². The van der Waals surface area contributed by atoms with Crippen LogP contribution < -0.4 is 5.73 Å². The molecule has 0 amide bonds. The van der Waals surface area contributed by atoms with Gasteiger partial charge in [0.25, 0.3) is 0 Å². The van der Waals surface area contributed by atoms with Gasteiger partial charge in [-0.2, -0.15) is 0 Å². The van der Waals surface area contributed by atoms with Gasteiger partial charge in [0.1, 0.15) is 10.6 Å². The molecule has 0 saturated carbocycles. The van der Waals surface area contributed by atoms with E-state index in [9.17, 15) is 0 Å². The molecule has 2 heterocycles. The van der Waals surface area contributed by atoms with Gasteiger partial charge < -0.3 is 5.73 Å². The lowest BCUT2D eigenvalue weighted by atomic mass is 9.72. The molecule has 5 heteroatoms. The second kappa shape index (κ2) is 8.47. The lowest BCUT2D eigenvalue weighted by molar-refractivity contribution is 0.218. The average Bonchev–Trinajstić information content (AvgIpc) is 2.95. The van der Waals surface area contributed by atoms with E-state index in [1.807, 2.05) is 11.3 Å². The first-order valence-electron chi connectivity index (χ1n) is 10.1. The summed E-state index contributed by atoms with van der Waals surface area (Å²) in [6.45, 7) is 9.34. The number of aromatic nitrogens is 2. The van der Waals surface area contributed by atoms with Gasteiger partial charge in [0.05, 0.1) is 5.39 Å². The van der Waals surface area contributed by atoms with E-state index >= 15 is 0 Å². The first kappa shape index (κ1) is 19.9. The Balaban J connectivity index is 1.72. The Labute approximate surface area is 166 Å². The maximum atomic E-state index is 6.36. The van der Waals surface area contributed by atoms with Crippen LogP contribution in [0.3, 0.4) is 0 Å². The number of nitrogens with zero attached hydrogens (tertiary/aromatic N) is 2. The molecule has 1 aliphatic rings. The minimum Gasteiger partial charge on any atom is -0.383 e. The summed E-state index contributed by atoms with van der Waals surface area (Å²) in [6, 6.07) is 0. The smallest absolute Gasteiger partial charge is 0.190 e. The van der Waals surface area contributed by atoms with Gasteiger partial charge in [-0.1, -0.05) is 65.1 Å². The molecule has 1 unspecified atom stereocenters. The number of hydrogen-bond donors (Lipinski definition) is 1. The van der Waals surface area contributed by atoms with Crippen LogP contribution in [0.4, 0.5) is 5.82 Å². The lowest BCUT2D eigenvalue weighted by Gasteiger charge is -2.33. The number of rotatable bonds is 7. The van der Waals surface area contributed by atoms with Gasteiger partial charge >= 0.3 is 0 Å². The second-order valence-electron chi connectivity index (χ2n) is 8.64. The summed E-state index contributed by atoms with van der Waals surface area (Å²) in [5.74, 6) is 2.52. The van der Waals surface area contributed by atoms with Gasteiger partial charge in [-0.15, -0.1) is 11.3 Å². The van der Waals surface area contributed by atoms with Crippen molar-refractivity contribution in [3.05, 3.63) is 10.4 Å². The Hall–Kier alpha value is -0.810. The van der Waals surface area contributed by atoms with Crippen molar-refractivity contribution in [2.24, 2.45) is 11.3 Å². The van der Waals surface area contributed by atoms with Crippen LogP contribution in [-0.4, -0.2) is 15.7 Å². The van der Waals surface area contributed by atoms with Gasteiger partial charge in [-0.25, -0.2) is 9.97 Å². The molecule has 0 fully saturated rings. The van der Waals surface area contributed by atoms with Crippen LogP contribution in [0.1, 0.15) is 76.7 Å². The van der Waals surface area contributed by atoms with Gasteiger partial charge in [0.15, 0.2) is 5.16 Å². The van der Waals surface area contributed by atoms with Crippen LogP contribution in [0, 0.1) is 11.3 Å². The maximum Gasteiger partial charge on any atom is 0.190 e. The minimum absolute atomic E-state index is 0.365. The van der Waals surface area contributed by atoms with Crippen molar-refractivity contribution >= 4 is 39.1 Å². The van der Waals surface area contributed by atoms with Gasteiger partial charge in [-0.3, -0.25) is 0 Å². The zero-order valence-electron chi connectivity index (χ0n) is 16.7. The quantitative estimate of drug-likeness (QED) is 0.333. The fourth-order valence-corrected chi connectivity index (χ4v) is 6.07. The molecule has 3 rings (SSSR count). The van der Waals surface area contributed by atoms with E-state index in [-0.39, 0.29) is 0 Å². The molecule has 1 aliphatic carbocycles. The number of unbranched alkanes of at least 4 members (excludes halogenated alkanes) is 4. The highest BCUT2D eigenvalue weighted by Gasteiger charge is 2.31. The third-order valence-electron chi connectivity index (χ3n) is 5.62. The predicted octanol–water partition coefficient (Wildman–Crippen LogP) is 6.49. The van der Waals surface area contributed by atoms with Crippen LogP contribution in [0.15, 0.2) is 5.16 Å². The van der Waals surface area contributed by atoms with Crippen LogP contribution >= 0.6 is 23.1 Å². The third-order valence-corrected chi connectivity index (χ3v) is 7.70. The molecule has 0 saturated heterocycles. The number of anilines is 1. The van der Waals surface area contributed by atoms with E-state index in [1.165, 1.54) is 55.4 Å². The number of hydrogen-bond acceptors (Lipinski definition) is 5. The van der Waals surface area contributed by atoms with Gasteiger partial charge in [-0.05, 0) is 42.6 Å². The standard InChI is InChI=1S/C21H33N3S2/c1-5-6-7-8-9-12-25-20-23-18(22)17-15-11-10-14(21(2,3)4)13-16(15)26-19(17)24-20/h14H,5-13H2,1-4H3,(H2,22,23,24). The molecule has 0 aromatic carbocycles. The zero-order valence-corrected chi connectivity index (χ0v) is 18.4. The van der Waals surface area contributed by atoms with Crippen molar-refractivity contribution in [3.63, 3.8) is 0 Å². The van der Waals surface area contributed by atoms with Crippen molar-refractivity contribution in [3.8, 4) is 0 Å².